The van der Waals surface area contributed by atoms with Gasteiger partial charge in [-0.2, -0.15) is 0 Å². The van der Waals surface area contributed by atoms with Gasteiger partial charge in [0.1, 0.15) is 5.82 Å². The van der Waals surface area contributed by atoms with Crippen LogP contribution in [0, 0.1) is 5.82 Å². The predicted octanol–water partition coefficient (Wildman–Crippen LogP) is 2.51. The van der Waals surface area contributed by atoms with Crippen molar-refractivity contribution in [1.29, 1.82) is 0 Å². The molecule has 0 spiro atoms. The molecule has 0 unspecified atom stereocenters. The fourth-order valence-electron chi connectivity index (χ4n) is 3.27. The van der Waals surface area contributed by atoms with Gasteiger partial charge in [0.2, 0.25) is 0 Å². The molecule has 0 bridgehead atoms. The van der Waals surface area contributed by atoms with Crippen LogP contribution in [0.1, 0.15) is 45.6 Å². The van der Waals surface area contributed by atoms with Crippen LogP contribution in [0.3, 0.4) is 0 Å². The number of aliphatic hydroxyl groups excluding tert-OH is 1. The zero-order chi connectivity index (χ0) is 19.7. The Morgan fingerprint density at radius 3 is 2.70 bits per heavy atom. The molecule has 6 heteroatoms. The van der Waals surface area contributed by atoms with Crippen molar-refractivity contribution in [2.45, 2.75) is 51.6 Å². The van der Waals surface area contributed by atoms with Crippen molar-refractivity contribution in [2.75, 3.05) is 39.3 Å². The van der Waals surface area contributed by atoms with Gasteiger partial charge in [-0.3, -0.25) is 4.99 Å². The van der Waals surface area contributed by atoms with Crippen LogP contribution < -0.4 is 10.6 Å². The lowest BCUT2D eigenvalue weighted by Crippen LogP contribution is -2.41. The molecule has 1 saturated heterocycles. The third-order valence-electron chi connectivity index (χ3n) is 5.08. The average molecular weight is 379 g/mol. The number of likely N-dealkylation sites (tertiary alicyclic amines) is 1. The lowest BCUT2D eigenvalue weighted by atomic mass is 9.85. The number of piperidine rings is 1. The zero-order valence-corrected chi connectivity index (χ0v) is 17.0. The molecule has 5 nitrogen and oxygen atoms in total. The number of nitrogens with zero attached hydrogens (tertiary/aromatic N) is 2. The minimum atomic E-state index is -0.237. The number of aliphatic imine (C=N–C) groups is 1. The SMILES string of the molecule is CCNC(=NCC(C)(C)c1cccc(F)c1)NCCCN1CCC(O)CC1. The molecule has 1 fully saturated rings. The Hall–Kier alpha value is -1.66. The smallest absolute Gasteiger partial charge is 0.191 e. The molecule has 2 rings (SSSR count). The summed E-state index contributed by atoms with van der Waals surface area (Å²) in [7, 11) is 0. The first-order valence-corrected chi connectivity index (χ1v) is 10.1. The highest BCUT2D eigenvalue weighted by Crippen LogP contribution is 2.24. The zero-order valence-electron chi connectivity index (χ0n) is 17.0. The highest BCUT2D eigenvalue weighted by Gasteiger charge is 2.21. The van der Waals surface area contributed by atoms with E-state index in [1.807, 2.05) is 13.0 Å². The van der Waals surface area contributed by atoms with Gasteiger partial charge in [-0.15, -0.1) is 0 Å². The number of aliphatic hydroxyl groups is 1. The summed E-state index contributed by atoms with van der Waals surface area (Å²) in [5.74, 6) is 0.593. The third kappa shape index (κ3) is 7.46. The highest BCUT2D eigenvalue weighted by molar-refractivity contribution is 5.79. The topological polar surface area (TPSA) is 59.9 Å². The normalized spacial score (nSPS) is 17.1. The van der Waals surface area contributed by atoms with E-state index in [0.29, 0.717) is 6.54 Å². The Morgan fingerprint density at radius 1 is 1.30 bits per heavy atom. The van der Waals surface area contributed by atoms with E-state index in [-0.39, 0.29) is 17.3 Å². The van der Waals surface area contributed by atoms with E-state index >= 15 is 0 Å². The van der Waals surface area contributed by atoms with E-state index in [1.54, 1.807) is 12.1 Å². The van der Waals surface area contributed by atoms with Crippen molar-refractivity contribution in [1.82, 2.24) is 15.5 Å². The summed E-state index contributed by atoms with van der Waals surface area (Å²) in [6.07, 6.45) is 2.68. The summed E-state index contributed by atoms with van der Waals surface area (Å²) in [6.45, 7) is 11.5. The van der Waals surface area contributed by atoms with Gasteiger partial charge in [0.25, 0.3) is 0 Å². The van der Waals surface area contributed by atoms with Crippen LogP contribution in [-0.2, 0) is 5.41 Å². The molecule has 0 radical (unpaired) electrons. The maximum atomic E-state index is 13.5. The minimum absolute atomic E-state index is 0.117. The van der Waals surface area contributed by atoms with Gasteiger partial charge < -0.3 is 20.6 Å². The van der Waals surface area contributed by atoms with Crippen LogP contribution in [0.5, 0.6) is 0 Å². The number of benzene rings is 1. The first-order valence-electron chi connectivity index (χ1n) is 10.1. The summed E-state index contributed by atoms with van der Waals surface area (Å²) in [5.41, 5.74) is 0.716. The second-order valence-electron chi connectivity index (χ2n) is 7.94. The van der Waals surface area contributed by atoms with Crippen LogP contribution in [0.2, 0.25) is 0 Å². The number of nitrogens with one attached hydrogen (secondary N) is 2. The van der Waals surface area contributed by atoms with Crippen molar-refractivity contribution in [3.63, 3.8) is 0 Å². The van der Waals surface area contributed by atoms with E-state index in [2.05, 4.69) is 29.4 Å². The highest BCUT2D eigenvalue weighted by atomic mass is 19.1. The van der Waals surface area contributed by atoms with Gasteiger partial charge in [0.15, 0.2) is 5.96 Å². The first kappa shape index (κ1) is 21.6. The lowest BCUT2D eigenvalue weighted by Gasteiger charge is -2.29. The Balaban J connectivity index is 1.81. The Morgan fingerprint density at radius 2 is 2.04 bits per heavy atom. The molecular formula is C21H35FN4O. The Kier molecular flexibility index (Phi) is 8.51. The second kappa shape index (κ2) is 10.6. The molecule has 152 valence electrons. The van der Waals surface area contributed by atoms with Gasteiger partial charge in [0, 0.05) is 31.6 Å². The molecule has 1 aliphatic rings. The molecule has 1 aliphatic heterocycles. The quantitative estimate of drug-likeness (QED) is 0.370. The summed E-state index contributed by atoms with van der Waals surface area (Å²) in [6, 6.07) is 6.76. The average Bonchev–Trinajstić information content (AvgIpc) is 2.64. The molecule has 1 heterocycles. The molecule has 1 aromatic carbocycles. The molecule has 3 N–H and O–H groups in total. The molecule has 27 heavy (non-hydrogen) atoms. The maximum Gasteiger partial charge on any atom is 0.191 e. The fourth-order valence-corrected chi connectivity index (χ4v) is 3.27. The summed E-state index contributed by atoms with van der Waals surface area (Å²) in [5, 5.41) is 16.2. The van der Waals surface area contributed by atoms with E-state index in [0.717, 1.165) is 63.5 Å². The molecule has 0 aromatic heterocycles. The lowest BCUT2D eigenvalue weighted by molar-refractivity contribution is 0.0823. The molecule has 0 aliphatic carbocycles. The fraction of sp³-hybridized carbons (Fsp3) is 0.667. The van der Waals surface area contributed by atoms with Crippen LogP contribution in [0.15, 0.2) is 29.3 Å². The molecule has 0 amide bonds. The van der Waals surface area contributed by atoms with Gasteiger partial charge in [-0.25, -0.2) is 4.39 Å². The third-order valence-corrected chi connectivity index (χ3v) is 5.08. The number of hydrogen-bond donors (Lipinski definition) is 3. The molecule has 1 aromatic rings. The van der Waals surface area contributed by atoms with E-state index in [1.165, 1.54) is 6.07 Å². The van der Waals surface area contributed by atoms with E-state index < -0.39 is 0 Å². The summed E-state index contributed by atoms with van der Waals surface area (Å²) < 4.78 is 13.5. The van der Waals surface area contributed by atoms with Gasteiger partial charge in [0.05, 0.1) is 12.6 Å². The number of halogens is 1. The number of rotatable bonds is 8. The molecule has 0 atom stereocenters. The summed E-state index contributed by atoms with van der Waals surface area (Å²) >= 11 is 0. The van der Waals surface area contributed by atoms with Crippen molar-refractivity contribution in [3.8, 4) is 0 Å². The first-order chi connectivity index (χ1) is 12.9. The van der Waals surface area contributed by atoms with Gasteiger partial charge >= 0.3 is 0 Å². The van der Waals surface area contributed by atoms with E-state index in [9.17, 15) is 9.50 Å². The monoisotopic (exact) mass is 378 g/mol. The van der Waals surface area contributed by atoms with Crippen molar-refractivity contribution in [3.05, 3.63) is 35.6 Å². The number of guanidine groups is 1. The van der Waals surface area contributed by atoms with Crippen LogP contribution >= 0.6 is 0 Å². The van der Waals surface area contributed by atoms with Crippen LogP contribution in [-0.4, -0.2) is 61.3 Å². The standard InChI is InChI=1S/C21H35FN4O/c1-4-23-20(24-11-6-12-26-13-9-19(27)10-14-26)25-16-21(2,3)17-7-5-8-18(22)15-17/h5,7-8,15,19,27H,4,6,9-14,16H2,1-3H3,(H2,23,24,25). The van der Waals surface area contributed by atoms with Crippen molar-refractivity contribution >= 4 is 5.96 Å². The van der Waals surface area contributed by atoms with Gasteiger partial charge in [-0.05, 0) is 50.4 Å². The van der Waals surface area contributed by atoms with Crippen molar-refractivity contribution in [2.24, 2.45) is 4.99 Å². The Labute approximate surface area is 163 Å². The van der Waals surface area contributed by atoms with Gasteiger partial charge in [-0.1, -0.05) is 26.0 Å². The molecule has 0 saturated carbocycles. The summed E-state index contributed by atoms with van der Waals surface area (Å²) in [4.78, 5) is 7.12. The van der Waals surface area contributed by atoms with Crippen LogP contribution in [0.4, 0.5) is 4.39 Å². The minimum Gasteiger partial charge on any atom is -0.393 e. The van der Waals surface area contributed by atoms with E-state index in [4.69, 9.17) is 4.99 Å². The number of hydrogen-bond acceptors (Lipinski definition) is 3. The second-order valence-corrected chi connectivity index (χ2v) is 7.94. The Bertz CT molecular complexity index is 598. The maximum absolute atomic E-state index is 13.5. The van der Waals surface area contributed by atoms with Crippen molar-refractivity contribution < 1.29 is 9.50 Å². The predicted molar refractivity (Wildman–Crippen MR) is 110 cm³/mol. The largest absolute Gasteiger partial charge is 0.393 e. The van der Waals surface area contributed by atoms with Crippen LogP contribution in [0.25, 0.3) is 0 Å². The molecular weight excluding hydrogens is 343 g/mol.